The van der Waals surface area contributed by atoms with Crippen LogP contribution in [0.15, 0.2) is 18.2 Å². The Balaban J connectivity index is 1.67. The first kappa shape index (κ1) is 21.8. The molecule has 30 heavy (non-hydrogen) atoms. The highest BCUT2D eigenvalue weighted by Gasteiger charge is 2.48. The fraction of sp³-hybridized carbons (Fsp3) is 0.550. The van der Waals surface area contributed by atoms with E-state index >= 15 is 0 Å². The van der Waals surface area contributed by atoms with Gasteiger partial charge >= 0.3 is 6.03 Å². The third-order valence-corrected chi connectivity index (χ3v) is 5.12. The lowest BCUT2D eigenvalue weighted by Gasteiger charge is -2.25. The minimum absolute atomic E-state index is 0.157. The zero-order chi connectivity index (χ0) is 21.7. The molecule has 1 fully saturated rings. The van der Waals surface area contributed by atoms with Crippen LogP contribution in [0.1, 0.15) is 12.5 Å². The van der Waals surface area contributed by atoms with Crippen molar-refractivity contribution < 1.29 is 33.3 Å². The van der Waals surface area contributed by atoms with Crippen molar-refractivity contribution in [3.63, 3.8) is 0 Å². The van der Waals surface area contributed by atoms with Gasteiger partial charge in [-0.25, -0.2) is 4.79 Å². The highest BCUT2D eigenvalue weighted by atomic mass is 16.7. The van der Waals surface area contributed by atoms with Crippen LogP contribution in [0.5, 0.6) is 11.5 Å². The largest absolute Gasteiger partial charge is 0.454 e. The number of carbonyl (C=O) groups excluding carboxylic acids is 3. The Morgan fingerprint density at radius 3 is 2.50 bits per heavy atom. The molecular weight excluding hydrogens is 394 g/mol. The molecule has 0 unspecified atom stereocenters. The Kier molecular flexibility index (Phi) is 6.78. The second-order valence-corrected chi connectivity index (χ2v) is 7.38. The highest BCUT2D eigenvalue weighted by Crippen LogP contribution is 2.34. The molecule has 1 N–H and O–H groups in total. The predicted molar refractivity (Wildman–Crippen MR) is 105 cm³/mol. The second kappa shape index (κ2) is 9.31. The van der Waals surface area contributed by atoms with Crippen molar-refractivity contribution >= 4 is 17.8 Å². The summed E-state index contributed by atoms with van der Waals surface area (Å²) in [5.74, 6) is 0.453. The maximum atomic E-state index is 13.0. The third-order valence-electron chi connectivity index (χ3n) is 5.12. The zero-order valence-electron chi connectivity index (χ0n) is 17.4. The van der Waals surface area contributed by atoms with Crippen molar-refractivity contribution in [3.05, 3.63) is 23.8 Å². The number of hydrogen-bond acceptors (Lipinski definition) is 7. The standard InChI is InChI=1S/C20H27N3O7/c1-20(11-14-4-5-15-16(10-14)30-13-29-15)18(25)23(19(26)21-20)12-17(24)22(6-8-27-2)7-9-28-3/h4-5,10H,6-9,11-13H2,1-3H3,(H,21,26)/t20-/m1/s1. The molecule has 10 heteroatoms. The molecule has 2 aliphatic rings. The van der Waals surface area contributed by atoms with E-state index in [4.69, 9.17) is 18.9 Å². The van der Waals surface area contributed by atoms with E-state index in [1.807, 2.05) is 6.07 Å². The maximum Gasteiger partial charge on any atom is 0.325 e. The monoisotopic (exact) mass is 421 g/mol. The minimum Gasteiger partial charge on any atom is -0.454 e. The molecule has 1 atom stereocenters. The van der Waals surface area contributed by atoms with Crippen LogP contribution < -0.4 is 14.8 Å². The fourth-order valence-corrected chi connectivity index (χ4v) is 3.47. The number of amides is 4. The van der Waals surface area contributed by atoms with Gasteiger partial charge in [0.1, 0.15) is 12.1 Å². The van der Waals surface area contributed by atoms with Gasteiger partial charge in [0.15, 0.2) is 11.5 Å². The normalized spacial score (nSPS) is 19.9. The van der Waals surface area contributed by atoms with E-state index in [0.717, 1.165) is 10.5 Å². The van der Waals surface area contributed by atoms with Gasteiger partial charge in [-0.3, -0.25) is 14.5 Å². The molecule has 0 spiro atoms. The summed E-state index contributed by atoms with van der Waals surface area (Å²) in [6.45, 7) is 2.84. The van der Waals surface area contributed by atoms with E-state index in [1.54, 1.807) is 19.1 Å². The molecule has 1 saturated heterocycles. The lowest BCUT2D eigenvalue weighted by atomic mass is 9.92. The maximum absolute atomic E-state index is 13.0. The second-order valence-electron chi connectivity index (χ2n) is 7.38. The van der Waals surface area contributed by atoms with Gasteiger partial charge in [0.25, 0.3) is 5.91 Å². The Hall–Kier alpha value is -2.85. The highest BCUT2D eigenvalue weighted by molar-refractivity contribution is 6.08. The van der Waals surface area contributed by atoms with Crippen molar-refractivity contribution in [1.29, 1.82) is 0 Å². The molecular formula is C20H27N3O7. The summed E-state index contributed by atoms with van der Waals surface area (Å²) in [6, 6.07) is 4.80. The average Bonchev–Trinajstić information content (AvgIpc) is 3.26. The Morgan fingerprint density at radius 1 is 1.17 bits per heavy atom. The van der Waals surface area contributed by atoms with E-state index < -0.39 is 17.5 Å². The van der Waals surface area contributed by atoms with Crippen LogP contribution in [0, 0.1) is 0 Å². The summed E-state index contributed by atoms with van der Waals surface area (Å²) in [6.07, 6.45) is 0.260. The number of nitrogens with one attached hydrogen (secondary N) is 1. The van der Waals surface area contributed by atoms with E-state index in [1.165, 1.54) is 19.1 Å². The first-order valence-electron chi connectivity index (χ1n) is 9.66. The van der Waals surface area contributed by atoms with Gasteiger partial charge in [-0.1, -0.05) is 6.07 Å². The number of hydrogen-bond donors (Lipinski definition) is 1. The van der Waals surface area contributed by atoms with Crippen molar-refractivity contribution in [2.75, 3.05) is 53.9 Å². The summed E-state index contributed by atoms with van der Waals surface area (Å²) >= 11 is 0. The van der Waals surface area contributed by atoms with Crippen LogP contribution >= 0.6 is 0 Å². The third kappa shape index (κ3) is 4.65. The van der Waals surface area contributed by atoms with Crippen LogP contribution in [-0.4, -0.2) is 87.0 Å². The number of urea groups is 1. The molecule has 0 radical (unpaired) electrons. The zero-order valence-corrected chi connectivity index (χ0v) is 17.4. The van der Waals surface area contributed by atoms with Crippen LogP contribution in [0.2, 0.25) is 0 Å². The van der Waals surface area contributed by atoms with Gasteiger partial charge in [-0.15, -0.1) is 0 Å². The predicted octanol–water partition coefficient (Wildman–Crippen LogP) is 0.390. The number of rotatable bonds is 10. The van der Waals surface area contributed by atoms with Gasteiger partial charge < -0.3 is 29.2 Å². The van der Waals surface area contributed by atoms with Gasteiger partial charge in [-0.05, 0) is 24.6 Å². The van der Waals surface area contributed by atoms with E-state index in [2.05, 4.69) is 5.32 Å². The van der Waals surface area contributed by atoms with Crippen LogP contribution in [0.3, 0.4) is 0 Å². The SMILES string of the molecule is COCCN(CCOC)C(=O)CN1C(=O)N[C@](C)(Cc2ccc3c(c2)OCO3)C1=O. The first-order valence-corrected chi connectivity index (χ1v) is 9.66. The summed E-state index contributed by atoms with van der Waals surface area (Å²) < 4.78 is 20.7. The lowest BCUT2D eigenvalue weighted by Crippen LogP contribution is -2.48. The topological polar surface area (TPSA) is 107 Å². The number of ether oxygens (including phenoxy) is 4. The molecule has 10 nitrogen and oxygen atoms in total. The summed E-state index contributed by atoms with van der Waals surface area (Å²) in [4.78, 5) is 40.7. The molecule has 4 amide bonds. The van der Waals surface area contributed by atoms with Crippen molar-refractivity contribution in [3.8, 4) is 11.5 Å². The molecule has 0 saturated carbocycles. The van der Waals surface area contributed by atoms with E-state index in [0.29, 0.717) is 37.8 Å². The average molecular weight is 421 g/mol. The minimum atomic E-state index is -1.16. The number of methoxy groups -OCH3 is 2. The van der Waals surface area contributed by atoms with Gasteiger partial charge in [0.2, 0.25) is 12.7 Å². The number of fused-ring (bicyclic) bond motifs is 1. The quantitative estimate of drug-likeness (QED) is 0.545. The van der Waals surface area contributed by atoms with Gasteiger partial charge in [-0.2, -0.15) is 0 Å². The summed E-state index contributed by atoms with van der Waals surface area (Å²) in [5.41, 5.74) is -0.347. The Morgan fingerprint density at radius 2 is 1.83 bits per heavy atom. The fourth-order valence-electron chi connectivity index (χ4n) is 3.47. The van der Waals surface area contributed by atoms with Crippen molar-refractivity contribution in [2.45, 2.75) is 18.9 Å². The van der Waals surface area contributed by atoms with Crippen molar-refractivity contribution in [1.82, 2.24) is 15.1 Å². The molecule has 0 bridgehead atoms. The van der Waals surface area contributed by atoms with Crippen molar-refractivity contribution in [2.24, 2.45) is 0 Å². The van der Waals surface area contributed by atoms with Gasteiger partial charge in [0, 0.05) is 33.7 Å². The van der Waals surface area contributed by atoms with Crippen LogP contribution in [0.25, 0.3) is 0 Å². The number of imide groups is 1. The molecule has 0 aliphatic carbocycles. The first-order chi connectivity index (χ1) is 14.4. The number of benzene rings is 1. The molecule has 1 aromatic rings. The molecule has 2 aliphatic heterocycles. The summed E-state index contributed by atoms with van der Waals surface area (Å²) in [5, 5.41) is 2.72. The molecule has 164 valence electrons. The molecule has 1 aromatic carbocycles. The molecule has 2 heterocycles. The Bertz CT molecular complexity index is 808. The number of carbonyl (C=O) groups is 3. The smallest absolute Gasteiger partial charge is 0.325 e. The Labute approximate surface area is 175 Å². The molecule has 3 rings (SSSR count). The number of nitrogens with zero attached hydrogens (tertiary/aromatic N) is 2. The molecule has 0 aromatic heterocycles. The van der Waals surface area contributed by atoms with Gasteiger partial charge in [0.05, 0.1) is 13.2 Å². The van der Waals surface area contributed by atoms with Crippen LogP contribution in [-0.2, 0) is 25.5 Å². The van der Waals surface area contributed by atoms with E-state index in [9.17, 15) is 14.4 Å². The lowest BCUT2D eigenvalue weighted by molar-refractivity contribution is -0.139. The van der Waals surface area contributed by atoms with E-state index in [-0.39, 0.29) is 25.7 Å². The summed E-state index contributed by atoms with van der Waals surface area (Å²) in [7, 11) is 3.08. The van der Waals surface area contributed by atoms with Crippen LogP contribution in [0.4, 0.5) is 4.79 Å².